The Hall–Kier alpha value is -0.820. The number of nitrogens with one attached hydrogen (secondary N) is 1. The van der Waals surface area contributed by atoms with Crippen LogP contribution in [0.25, 0.3) is 0 Å². The zero-order chi connectivity index (χ0) is 15.3. The molecule has 1 aliphatic rings. The number of benzene rings is 1. The molecule has 1 fully saturated rings. The third kappa shape index (κ3) is 4.35. The van der Waals surface area contributed by atoms with Gasteiger partial charge in [-0.15, -0.1) is 12.4 Å². The largest absolute Gasteiger partial charge is 0.494 e. The summed E-state index contributed by atoms with van der Waals surface area (Å²) in [5.74, 6) is 0.695. The number of hydrogen-bond acceptors (Lipinski definition) is 4. The van der Waals surface area contributed by atoms with Gasteiger partial charge in [-0.05, 0) is 50.6 Å². The van der Waals surface area contributed by atoms with Gasteiger partial charge in [0.15, 0.2) is 0 Å². The van der Waals surface area contributed by atoms with Crippen LogP contribution in [-0.2, 0) is 10.0 Å². The van der Waals surface area contributed by atoms with Crippen molar-refractivity contribution in [2.45, 2.75) is 37.6 Å². The molecule has 1 heterocycles. The van der Waals surface area contributed by atoms with Crippen molar-refractivity contribution < 1.29 is 13.2 Å². The van der Waals surface area contributed by atoms with Crippen molar-refractivity contribution in [3.05, 3.63) is 24.3 Å². The minimum Gasteiger partial charge on any atom is -0.494 e. The molecule has 2 rings (SSSR count). The molecule has 0 aromatic heterocycles. The fraction of sp³-hybridized carbons (Fsp3) is 0.600. The van der Waals surface area contributed by atoms with Crippen LogP contribution in [0, 0.1) is 0 Å². The summed E-state index contributed by atoms with van der Waals surface area (Å²) in [5, 5.41) is 3.23. The Kier molecular flexibility index (Phi) is 7.62. The molecular formula is C15H25ClN2O3S. The maximum atomic E-state index is 12.8. The van der Waals surface area contributed by atoms with Crippen LogP contribution in [-0.4, -0.2) is 45.0 Å². The molecule has 1 aliphatic heterocycles. The minimum absolute atomic E-state index is 0. The maximum absolute atomic E-state index is 12.8. The van der Waals surface area contributed by atoms with E-state index in [0.29, 0.717) is 23.8 Å². The Balaban J connectivity index is 0.00000242. The molecule has 1 saturated heterocycles. The molecule has 1 aromatic rings. The molecule has 126 valence electrons. The van der Waals surface area contributed by atoms with Crippen molar-refractivity contribution in [3.63, 3.8) is 0 Å². The van der Waals surface area contributed by atoms with Gasteiger partial charge in [0.2, 0.25) is 10.0 Å². The van der Waals surface area contributed by atoms with Gasteiger partial charge in [0, 0.05) is 19.1 Å². The molecule has 22 heavy (non-hydrogen) atoms. The highest BCUT2D eigenvalue weighted by atomic mass is 35.5. The lowest BCUT2D eigenvalue weighted by Crippen LogP contribution is -2.41. The Labute approximate surface area is 139 Å². The highest BCUT2D eigenvalue weighted by molar-refractivity contribution is 7.89. The highest BCUT2D eigenvalue weighted by Crippen LogP contribution is 2.23. The van der Waals surface area contributed by atoms with Gasteiger partial charge in [0.05, 0.1) is 11.5 Å². The zero-order valence-corrected chi connectivity index (χ0v) is 14.8. The van der Waals surface area contributed by atoms with Crippen molar-refractivity contribution in [1.82, 2.24) is 9.62 Å². The summed E-state index contributed by atoms with van der Waals surface area (Å²) in [5.41, 5.74) is 0. The SMILES string of the molecule is CCCN(C1CCNC1)S(=O)(=O)c1ccc(OCC)cc1.Cl. The number of halogens is 1. The molecule has 1 aromatic carbocycles. The molecule has 0 radical (unpaired) electrons. The van der Waals surface area contributed by atoms with Crippen molar-refractivity contribution >= 4 is 22.4 Å². The Bertz CT molecular complexity index is 542. The van der Waals surface area contributed by atoms with Crippen LogP contribution < -0.4 is 10.1 Å². The summed E-state index contributed by atoms with van der Waals surface area (Å²) >= 11 is 0. The van der Waals surface area contributed by atoms with Gasteiger partial charge in [-0.1, -0.05) is 6.92 Å². The molecule has 0 aliphatic carbocycles. The van der Waals surface area contributed by atoms with Crippen LogP contribution in [0.2, 0.25) is 0 Å². The van der Waals surface area contributed by atoms with E-state index in [0.717, 1.165) is 25.9 Å². The molecule has 1 unspecified atom stereocenters. The van der Waals surface area contributed by atoms with Gasteiger partial charge >= 0.3 is 0 Å². The minimum atomic E-state index is -3.44. The topological polar surface area (TPSA) is 58.6 Å². The Morgan fingerprint density at radius 3 is 2.45 bits per heavy atom. The van der Waals surface area contributed by atoms with Gasteiger partial charge in [0.1, 0.15) is 5.75 Å². The van der Waals surface area contributed by atoms with Gasteiger partial charge in [-0.3, -0.25) is 0 Å². The molecule has 5 nitrogen and oxygen atoms in total. The number of nitrogens with zero attached hydrogens (tertiary/aromatic N) is 1. The lowest BCUT2D eigenvalue weighted by molar-refractivity contribution is 0.334. The number of sulfonamides is 1. The van der Waals surface area contributed by atoms with Crippen molar-refractivity contribution in [2.75, 3.05) is 26.2 Å². The summed E-state index contributed by atoms with van der Waals surface area (Å²) in [6.07, 6.45) is 1.68. The van der Waals surface area contributed by atoms with Gasteiger partial charge in [-0.25, -0.2) is 8.42 Å². The van der Waals surface area contributed by atoms with Crippen molar-refractivity contribution in [3.8, 4) is 5.75 Å². The summed E-state index contributed by atoms with van der Waals surface area (Å²) in [6.45, 7) is 6.65. The van der Waals surface area contributed by atoms with E-state index in [9.17, 15) is 8.42 Å². The fourth-order valence-corrected chi connectivity index (χ4v) is 4.36. The molecule has 0 spiro atoms. The van der Waals surface area contributed by atoms with Gasteiger partial charge in [-0.2, -0.15) is 4.31 Å². The van der Waals surface area contributed by atoms with Crippen LogP contribution in [0.15, 0.2) is 29.2 Å². The first kappa shape index (κ1) is 19.2. The first-order valence-electron chi connectivity index (χ1n) is 7.55. The van der Waals surface area contributed by atoms with E-state index in [-0.39, 0.29) is 18.4 Å². The van der Waals surface area contributed by atoms with E-state index in [1.54, 1.807) is 28.6 Å². The van der Waals surface area contributed by atoms with Crippen LogP contribution in [0.5, 0.6) is 5.75 Å². The number of ether oxygens (including phenoxy) is 1. The smallest absolute Gasteiger partial charge is 0.243 e. The third-order valence-corrected chi connectivity index (χ3v) is 5.59. The molecule has 1 N–H and O–H groups in total. The first-order valence-corrected chi connectivity index (χ1v) is 8.99. The first-order chi connectivity index (χ1) is 10.1. The number of rotatable bonds is 7. The van der Waals surface area contributed by atoms with E-state index in [4.69, 9.17) is 4.74 Å². The predicted molar refractivity (Wildman–Crippen MR) is 90.3 cm³/mol. The van der Waals surface area contributed by atoms with E-state index < -0.39 is 10.0 Å². The molecule has 7 heteroatoms. The van der Waals surface area contributed by atoms with Crippen LogP contribution >= 0.6 is 12.4 Å². The Morgan fingerprint density at radius 2 is 1.95 bits per heavy atom. The van der Waals surface area contributed by atoms with E-state index in [2.05, 4.69) is 5.32 Å². The monoisotopic (exact) mass is 348 g/mol. The molecule has 0 bridgehead atoms. The van der Waals surface area contributed by atoms with Crippen molar-refractivity contribution in [2.24, 2.45) is 0 Å². The second-order valence-corrected chi connectivity index (χ2v) is 7.06. The summed E-state index contributed by atoms with van der Waals surface area (Å²) < 4.78 is 32.7. The zero-order valence-electron chi connectivity index (χ0n) is 13.1. The second kappa shape index (κ2) is 8.72. The molecule has 0 amide bonds. The van der Waals surface area contributed by atoms with E-state index >= 15 is 0 Å². The normalized spacial score (nSPS) is 18.2. The predicted octanol–water partition coefficient (Wildman–Crippen LogP) is 2.27. The molecule has 1 atom stereocenters. The average molecular weight is 349 g/mol. The highest BCUT2D eigenvalue weighted by Gasteiger charge is 2.32. The van der Waals surface area contributed by atoms with Crippen molar-refractivity contribution in [1.29, 1.82) is 0 Å². The third-order valence-electron chi connectivity index (χ3n) is 3.63. The van der Waals surface area contributed by atoms with Crippen LogP contribution in [0.3, 0.4) is 0 Å². The van der Waals surface area contributed by atoms with E-state index in [1.165, 1.54) is 0 Å². The van der Waals surface area contributed by atoms with Crippen LogP contribution in [0.4, 0.5) is 0 Å². The fourth-order valence-electron chi connectivity index (χ4n) is 2.61. The Morgan fingerprint density at radius 1 is 1.27 bits per heavy atom. The van der Waals surface area contributed by atoms with Crippen LogP contribution in [0.1, 0.15) is 26.7 Å². The summed E-state index contributed by atoms with van der Waals surface area (Å²) in [7, 11) is -3.44. The standard InChI is InChI=1S/C15H24N2O3S.ClH/c1-3-11-17(13-9-10-16-12-13)21(18,19)15-7-5-14(6-8-15)20-4-2;/h5-8,13,16H,3-4,9-12H2,1-2H3;1H. The maximum Gasteiger partial charge on any atom is 0.243 e. The lowest BCUT2D eigenvalue weighted by atomic mass is 10.2. The van der Waals surface area contributed by atoms with Gasteiger partial charge in [0.25, 0.3) is 0 Å². The number of hydrogen-bond donors (Lipinski definition) is 1. The lowest BCUT2D eigenvalue weighted by Gasteiger charge is -2.27. The van der Waals surface area contributed by atoms with E-state index in [1.807, 2.05) is 13.8 Å². The quantitative estimate of drug-likeness (QED) is 0.821. The summed E-state index contributed by atoms with van der Waals surface area (Å²) in [6, 6.07) is 6.75. The average Bonchev–Trinajstić information content (AvgIpc) is 2.99. The summed E-state index contributed by atoms with van der Waals surface area (Å²) in [4.78, 5) is 0.339. The second-order valence-electron chi connectivity index (χ2n) is 5.17. The molecule has 0 saturated carbocycles. The molecular weight excluding hydrogens is 324 g/mol. The van der Waals surface area contributed by atoms with Gasteiger partial charge < -0.3 is 10.1 Å².